The average molecular weight is 210 g/mol. The van der Waals surface area contributed by atoms with Gasteiger partial charge in [0.25, 0.3) is 0 Å². The van der Waals surface area contributed by atoms with Gasteiger partial charge in [0.1, 0.15) is 6.10 Å². The molecule has 2 saturated heterocycles. The Bertz CT molecular complexity index is 276. The van der Waals surface area contributed by atoms with Crippen LogP contribution < -0.4 is 0 Å². The summed E-state index contributed by atoms with van der Waals surface area (Å²) in [6, 6.07) is 0. The first-order valence-electron chi connectivity index (χ1n) is 5.60. The van der Waals surface area contributed by atoms with E-state index < -0.39 is 0 Å². The van der Waals surface area contributed by atoms with Gasteiger partial charge in [0.15, 0.2) is 0 Å². The molecule has 3 nitrogen and oxygen atoms in total. The number of esters is 1. The summed E-state index contributed by atoms with van der Waals surface area (Å²) in [4.78, 5) is 11.4. The van der Waals surface area contributed by atoms with Gasteiger partial charge in [-0.25, -0.2) is 4.79 Å². The van der Waals surface area contributed by atoms with E-state index in [1.54, 1.807) is 6.92 Å². The summed E-state index contributed by atoms with van der Waals surface area (Å²) in [6.45, 7) is 7.20. The van der Waals surface area contributed by atoms with Gasteiger partial charge >= 0.3 is 5.97 Å². The van der Waals surface area contributed by atoms with E-state index in [1.165, 1.54) is 0 Å². The zero-order valence-corrected chi connectivity index (χ0v) is 9.36. The Kier molecular flexibility index (Phi) is 2.83. The molecule has 0 aromatic heterocycles. The van der Waals surface area contributed by atoms with Crippen LogP contribution in [-0.2, 0) is 14.3 Å². The molecule has 0 spiro atoms. The van der Waals surface area contributed by atoms with Crippen LogP contribution in [0, 0.1) is 5.92 Å². The summed E-state index contributed by atoms with van der Waals surface area (Å²) in [5.41, 5.74) is 0.463. The SMILES string of the molecule is C=C(C)C(=O)OC(C)C1CCC2CC1O2. The van der Waals surface area contributed by atoms with E-state index in [-0.39, 0.29) is 12.1 Å². The van der Waals surface area contributed by atoms with Crippen molar-refractivity contribution in [2.24, 2.45) is 5.92 Å². The first-order chi connectivity index (χ1) is 7.08. The highest BCUT2D eigenvalue weighted by Gasteiger charge is 2.44. The van der Waals surface area contributed by atoms with E-state index in [0.717, 1.165) is 19.3 Å². The van der Waals surface area contributed by atoms with Gasteiger partial charge in [-0.3, -0.25) is 0 Å². The lowest BCUT2D eigenvalue weighted by molar-refractivity contribution is -0.207. The second-order valence-electron chi connectivity index (χ2n) is 4.66. The largest absolute Gasteiger partial charge is 0.459 e. The van der Waals surface area contributed by atoms with Crippen LogP contribution in [0.5, 0.6) is 0 Å². The fourth-order valence-electron chi connectivity index (χ4n) is 2.41. The Morgan fingerprint density at radius 1 is 1.53 bits per heavy atom. The lowest BCUT2D eigenvalue weighted by atomic mass is 9.77. The standard InChI is InChI=1S/C12H18O3/c1-7(2)12(13)14-8(3)10-5-4-9-6-11(10)15-9/h8-11H,1,4-6H2,2-3H3. The second kappa shape index (κ2) is 3.97. The van der Waals surface area contributed by atoms with Crippen molar-refractivity contribution in [2.75, 3.05) is 0 Å². The first kappa shape index (κ1) is 10.7. The fourth-order valence-corrected chi connectivity index (χ4v) is 2.41. The Balaban J connectivity index is 1.87. The molecule has 0 amide bonds. The van der Waals surface area contributed by atoms with Gasteiger partial charge in [-0.1, -0.05) is 6.58 Å². The fraction of sp³-hybridized carbons (Fsp3) is 0.750. The minimum atomic E-state index is -0.288. The normalized spacial score (nSPS) is 35.2. The van der Waals surface area contributed by atoms with Gasteiger partial charge in [-0.2, -0.15) is 0 Å². The number of hydrogen-bond donors (Lipinski definition) is 0. The predicted molar refractivity (Wildman–Crippen MR) is 56.4 cm³/mol. The molecule has 0 aromatic rings. The molecule has 4 unspecified atom stereocenters. The summed E-state index contributed by atoms with van der Waals surface area (Å²) in [6.07, 6.45) is 4.10. The maximum atomic E-state index is 11.4. The third kappa shape index (κ3) is 2.07. The number of hydrogen-bond acceptors (Lipinski definition) is 3. The van der Waals surface area contributed by atoms with Gasteiger partial charge in [0, 0.05) is 17.9 Å². The minimum absolute atomic E-state index is 0.0551. The monoisotopic (exact) mass is 210 g/mol. The molecule has 3 fully saturated rings. The topological polar surface area (TPSA) is 35.5 Å². The van der Waals surface area contributed by atoms with E-state index in [1.807, 2.05) is 6.92 Å². The molecule has 15 heavy (non-hydrogen) atoms. The van der Waals surface area contributed by atoms with Crippen LogP contribution in [0.1, 0.15) is 33.1 Å². The average Bonchev–Trinajstić information content (AvgIpc) is 2.16. The summed E-state index contributed by atoms with van der Waals surface area (Å²) in [5.74, 6) is 0.0854. The van der Waals surface area contributed by atoms with Crippen molar-refractivity contribution in [3.63, 3.8) is 0 Å². The van der Waals surface area contributed by atoms with Crippen LogP contribution in [0.4, 0.5) is 0 Å². The maximum Gasteiger partial charge on any atom is 0.333 e. The van der Waals surface area contributed by atoms with Crippen LogP contribution >= 0.6 is 0 Å². The van der Waals surface area contributed by atoms with Crippen molar-refractivity contribution in [2.45, 2.75) is 51.4 Å². The molecule has 0 N–H and O–H groups in total. The highest BCUT2D eigenvalue weighted by Crippen LogP contribution is 2.41. The van der Waals surface area contributed by atoms with E-state index in [4.69, 9.17) is 9.47 Å². The van der Waals surface area contributed by atoms with Gasteiger partial charge in [0.2, 0.25) is 0 Å². The molecule has 3 aliphatic rings. The van der Waals surface area contributed by atoms with Crippen LogP contribution in [0.3, 0.4) is 0 Å². The van der Waals surface area contributed by atoms with Crippen LogP contribution in [0.2, 0.25) is 0 Å². The highest BCUT2D eigenvalue weighted by atomic mass is 16.6. The third-order valence-electron chi connectivity index (χ3n) is 3.41. The second-order valence-corrected chi connectivity index (χ2v) is 4.66. The zero-order valence-electron chi connectivity index (χ0n) is 9.36. The molecule has 2 aliphatic heterocycles. The molecule has 3 heteroatoms. The van der Waals surface area contributed by atoms with Crippen LogP contribution in [0.25, 0.3) is 0 Å². The maximum absolute atomic E-state index is 11.4. The smallest absolute Gasteiger partial charge is 0.333 e. The third-order valence-corrected chi connectivity index (χ3v) is 3.41. The van der Waals surface area contributed by atoms with Crippen molar-refractivity contribution in [1.82, 2.24) is 0 Å². The quantitative estimate of drug-likeness (QED) is 0.528. The molecular formula is C12H18O3. The lowest BCUT2D eigenvalue weighted by Gasteiger charge is -2.48. The van der Waals surface area contributed by atoms with E-state index in [2.05, 4.69) is 6.58 Å². The van der Waals surface area contributed by atoms with Crippen molar-refractivity contribution < 1.29 is 14.3 Å². The summed E-state index contributed by atoms with van der Waals surface area (Å²) in [5, 5.41) is 0. The first-order valence-corrected chi connectivity index (χ1v) is 5.60. The number of rotatable bonds is 3. The predicted octanol–water partition coefficient (Wildman–Crippen LogP) is 2.06. The zero-order chi connectivity index (χ0) is 11.0. The Labute approximate surface area is 90.4 Å². The minimum Gasteiger partial charge on any atom is -0.459 e. The van der Waals surface area contributed by atoms with Gasteiger partial charge < -0.3 is 9.47 Å². The molecular weight excluding hydrogens is 192 g/mol. The van der Waals surface area contributed by atoms with Crippen molar-refractivity contribution >= 4 is 5.97 Å². The highest BCUT2D eigenvalue weighted by molar-refractivity contribution is 5.87. The van der Waals surface area contributed by atoms with Crippen molar-refractivity contribution in [1.29, 1.82) is 0 Å². The van der Waals surface area contributed by atoms with Gasteiger partial charge in [0.05, 0.1) is 12.2 Å². The van der Waals surface area contributed by atoms with E-state index >= 15 is 0 Å². The van der Waals surface area contributed by atoms with E-state index in [9.17, 15) is 4.79 Å². The molecule has 0 radical (unpaired) electrons. The summed E-state index contributed by atoms with van der Waals surface area (Å²) < 4.78 is 11.0. The van der Waals surface area contributed by atoms with Crippen LogP contribution in [0.15, 0.2) is 12.2 Å². The number of carbonyl (C=O) groups is 1. The molecule has 0 aromatic carbocycles. The molecule has 1 aliphatic carbocycles. The number of fused-ring (bicyclic) bond motifs is 2. The summed E-state index contributed by atoms with van der Waals surface area (Å²) >= 11 is 0. The molecule has 2 bridgehead atoms. The van der Waals surface area contributed by atoms with Gasteiger partial charge in [-0.15, -0.1) is 0 Å². The van der Waals surface area contributed by atoms with Crippen molar-refractivity contribution in [3.05, 3.63) is 12.2 Å². The molecule has 3 rings (SSSR count). The molecule has 4 atom stereocenters. The number of ether oxygens (including phenoxy) is 2. The lowest BCUT2D eigenvalue weighted by Crippen LogP contribution is -2.51. The van der Waals surface area contributed by atoms with Crippen molar-refractivity contribution in [3.8, 4) is 0 Å². The Morgan fingerprint density at radius 3 is 2.67 bits per heavy atom. The van der Waals surface area contributed by atoms with Gasteiger partial charge in [-0.05, 0) is 26.7 Å². The van der Waals surface area contributed by atoms with E-state index in [0.29, 0.717) is 23.7 Å². The molecule has 84 valence electrons. The summed E-state index contributed by atoms with van der Waals surface area (Å²) in [7, 11) is 0. The molecule has 2 heterocycles. The number of carbonyl (C=O) groups excluding carboxylic acids is 1. The Morgan fingerprint density at radius 2 is 2.20 bits per heavy atom. The molecule has 1 saturated carbocycles. The van der Waals surface area contributed by atoms with Crippen LogP contribution in [-0.4, -0.2) is 24.3 Å². The Hall–Kier alpha value is -0.830.